The number of nitrogens with one attached hydrogen (secondary N) is 2. The molecule has 26 heavy (non-hydrogen) atoms. The van der Waals surface area contributed by atoms with Crippen LogP contribution in [0.25, 0.3) is 0 Å². The molecule has 0 saturated carbocycles. The van der Waals surface area contributed by atoms with Crippen LogP contribution in [0, 0.1) is 11.3 Å². The van der Waals surface area contributed by atoms with Crippen LogP contribution in [0.5, 0.6) is 0 Å². The first kappa shape index (κ1) is 23.2. The fourth-order valence-corrected chi connectivity index (χ4v) is 4.04. The number of guanidine groups is 1. The summed E-state index contributed by atoms with van der Waals surface area (Å²) in [5.41, 5.74) is 0.181. The summed E-state index contributed by atoms with van der Waals surface area (Å²) in [5, 5.41) is 6.99. The van der Waals surface area contributed by atoms with Gasteiger partial charge in [-0.25, -0.2) is 0 Å². The fourth-order valence-electron chi connectivity index (χ4n) is 4.04. The largest absolute Gasteiger partial charge is 0.377 e. The molecule has 0 spiro atoms. The molecule has 1 saturated heterocycles. The lowest BCUT2D eigenvalue weighted by Crippen LogP contribution is -2.48. The van der Waals surface area contributed by atoms with E-state index in [2.05, 4.69) is 69.0 Å². The Morgan fingerprint density at radius 1 is 1.15 bits per heavy atom. The third-order valence-corrected chi connectivity index (χ3v) is 5.27. The van der Waals surface area contributed by atoms with Crippen LogP contribution < -0.4 is 10.6 Å². The number of ether oxygens (including phenoxy) is 1. The van der Waals surface area contributed by atoms with Crippen molar-refractivity contribution < 1.29 is 4.74 Å². The van der Waals surface area contributed by atoms with Gasteiger partial charge in [0.15, 0.2) is 5.96 Å². The molecule has 2 atom stereocenters. The van der Waals surface area contributed by atoms with Crippen LogP contribution in [0.1, 0.15) is 67.7 Å². The van der Waals surface area contributed by atoms with E-state index in [4.69, 9.17) is 4.74 Å². The number of rotatable bonds is 8. The van der Waals surface area contributed by atoms with Crippen molar-refractivity contribution in [2.24, 2.45) is 16.3 Å². The van der Waals surface area contributed by atoms with E-state index in [9.17, 15) is 0 Å². The van der Waals surface area contributed by atoms with Gasteiger partial charge in [0, 0.05) is 51.3 Å². The SMILES string of the molecule is CN=C(NCCCN(C(C)C)C(C)C)NCC1CCCOC1C(C)(C)C. The second-order valence-electron chi connectivity index (χ2n) is 9.22. The molecule has 0 bridgehead atoms. The van der Waals surface area contributed by atoms with Gasteiger partial charge < -0.3 is 15.4 Å². The highest BCUT2D eigenvalue weighted by Gasteiger charge is 2.35. The summed E-state index contributed by atoms with van der Waals surface area (Å²) in [6, 6.07) is 1.18. The molecule has 0 aromatic heterocycles. The van der Waals surface area contributed by atoms with Gasteiger partial charge in [-0.15, -0.1) is 0 Å². The lowest BCUT2D eigenvalue weighted by molar-refractivity contribution is -0.0835. The zero-order valence-electron chi connectivity index (χ0n) is 18.6. The van der Waals surface area contributed by atoms with Crippen LogP contribution in [-0.2, 0) is 4.74 Å². The molecule has 0 amide bonds. The van der Waals surface area contributed by atoms with Gasteiger partial charge in [-0.05, 0) is 52.4 Å². The molecule has 1 heterocycles. The minimum absolute atomic E-state index is 0.181. The third kappa shape index (κ3) is 7.83. The molecule has 2 unspecified atom stereocenters. The molecule has 0 radical (unpaired) electrons. The topological polar surface area (TPSA) is 48.9 Å². The van der Waals surface area contributed by atoms with Crippen LogP contribution in [0.3, 0.4) is 0 Å². The smallest absolute Gasteiger partial charge is 0.190 e. The number of hydrogen-bond donors (Lipinski definition) is 2. The van der Waals surface area contributed by atoms with Crippen molar-refractivity contribution in [3.8, 4) is 0 Å². The van der Waals surface area contributed by atoms with E-state index in [-0.39, 0.29) is 5.41 Å². The van der Waals surface area contributed by atoms with Gasteiger partial charge in [-0.2, -0.15) is 0 Å². The molecule has 154 valence electrons. The Morgan fingerprint density at radius 2 is 1.81 bits per heavy atom. The van der Waals surface area contributed by atoms with Crippen LogP contribution in [0.2, 0.25) is 0 Å². The number of nitrogens with zero attached hydrogens (tertiary/aromatic N) is 2. The Morgan fingerprint density at radius 3 is 2.35 bits per heavy atom. The molecule has 1 aliphatic heterocycles. The predicted molar refractivity (Wildman–Crippen MR) is 113 cm³/mol. The van der Waals surface area contributed by atoms with Crippen molar-refractivity contribution in [1.29, 1.82) is 0 Å². The predicted octanol–water partition coefficient (Wildman–Crippen LogP) is 3.50. The Kier molecular flexibility index (Phi) is 9.94. The molecule has 1 rings (SSSR count). The summed E-state index contributed by atoms with van der Waals surface area (Å²) in [4.78, 5) is 6.92. The highest BCUT2D eigenvalue weighted by atomic mass is 16.5. The van der Waals surface area contributed by atoms with E-state index < -0.39 is 0 Å². The maximum Gasteiger partial charge on any atom is 0.190 e. The first-order valence-electron chi connectivity index (χ1n) is 10.5. The minimum Gasteiger partial charge on any atom is -0.377 e. The highest BCUT2D eigenvalue weighted by Crippen LogP contribution is 2.33. The lowest BCUT2D eigenvalue weighted by atomic mass is 9.78. The molecule has 5 heteroatoms. The molecule has 1 aliphatic rings. The molecule has 0 aliphatic carbocycles. The van der Waals surface area contributed by atoms with Crippen molar-refractivity contribution in [2.45, 2.75) is 85.9 Å². The second-order valence-corrected chi connectivity index (χ2v) is 9.22. The highest BCUT2D eigenvalue weighted by molar-refractivity contribution is 5.79. The summed E-state index contributed by atoms with van der Waals surface area (Å²) in [5.74, 6) is 1.45. The zero-order chi connectivity index (χ0) is 19.7. The summed E-state index contributed by atoms with van der Waals surface area (Å²) < 4.78 is 6.08. The van der Waals surface area contributed by atoms with Crippen LogP contribution in [-0.4, -0.2) is 62.3 Å². The molecule has 2 N–H and O–H groups in total. The van der Waals surface area contributed by atoms with Gasteiger partial charge in [-0.3, -0.25) is 9.89 Å². The van der Waals surface area contributed by atoms with Gasteiger partial charge >= 0.3 is 0 Å². The first-order chi connectivity index (χ1) is 12.2. The van der Waals surface area contributed by atoms with Crippen molar-refractivity contribution in [3.63, 3.8) is 0 Å². The third-order valence-electron chi connectivity index (χ3n) is 5.27. The van der Waals surface area contributed by atoms with Crippen molar-refractivity contribution in [2.75, 3.05) is 33.3 Å². The molecular formula is C21H44N4O. The van der Waals surface area contributed by atoms with Crippen LogP contribution >= 0.6 is 0 Å². The molecule has 0 aromatic rings. The summed E-state index contributed by atoms with van der Waals surface area (Å²) in [6.45, 7) is 19.8. The average molecular weight is 369 g/mol. The summed E-state index contributed by atoms with van der Waals surface area (Å²) >= 11 is 0. The van der Waals surface area contributed by atoms with E-state index in [1.165, 1.54) is 6.42 Å². The van der Waals surface area contributed by atoms with Gasteiger partial charge in [0.2, 0.25) is 0 Å². The monoisotopic (exact) mass is 368 g/mol. The summed E-state index contributed by atoms with van der Waals surface area (Å²) in [7, 11) is 1.85. The van der Waals surface area contributed by atoms with E-state index in [0.717, 1.165) is 45.0 Å². The van der Waals surface area contributed by atoms with Crippen LogP contribution in [0.15, 0.2) is 4.99 Å². The Balaban J connectivity index is 2.38. The van der Waals surface area contributed by atoms with Gasteiger partial charge in [0.05, 0.1) is 6.10 Å². The van der Waals surface area contributed by atoms with E-state index in [0.29, 0.717) is 24.1 Å². The van der Waals surface area contributed by atoms with E-state index >= 15 is 0 Å². The van der Waals surface area contributed by atoms with Crippen molar-refractivity contribution in [3.05, 3.63) is 0 Å². The van der Waals surface area contributed by atoms with Gasteiger partial charge in [0.25, 0.3) is 0 Å². The first-order valence-corrected chi connectivity index (χ1v) is 10.5. The van der Waals surface area contributed by atoms with Gasteiger partial charge in [0.1, 0.15) is 0 Å². The quantitative estimate of drug-likeness (QED) is 0.391. The van der Waals surface area contributed by atoms with Crippen molar-refractivity contribution in [1.82, 2.24) is 15.5 Å². The molecule has 5 nitrogen and oxygen atoms in total. The van der Waals surface area contributed by atoms with Crippen molar-refractivity contribution >= 4 is 5.96 Å². The fraction of sp³-hybridized carbons (Fsp3) is 0.952. The standard InChI is InChI=1S/C21H44N4O/c1-16(2)25(17(3)4)13-10-12-23-20(22-8)24-15-18-11-9-14-26-19(18)21(5,6)7/h16-19H,9-15H2,1-8H3,(H2,22,23,24). The van der Waals surface area contributed by atoms with Crippen LogP contribution in [0.4, 0.5) is 0 Å². The van der Waals surface area contributed by atoms with E-state index in [1.54, 1.807) is 0 Å². The number of aliphatic imine (C=N–C) groups is 1. The van der Waals surface area contributed by atoms with Gasteiger partial charge in [-0.1, -0.05) is 20.8 Å². The van der Waals surface area contributed by atoms with E-state index in [1.807, 2.05) is 7.05 Å². The normalized spacial score (nSPS) is 22.3. The molecule has 1 fully saturated rings. The number of hydrogen-bond acceptors (Lipinski definition) is 3. The Hall–Kier alpha value is -0.810. The lowest BCUT2D eigenvalue weighted by Gasteiger charge is -2.40. The summed E-state index contributed by atoms with van der Waals surface area (Å²) in [6.07, 6.45) is 3.82. The Bertz CT molecular complexity index is 407. The minimum atomic E-state index is 0.181. The average Bonchev–Trinajstić information content (AvgIpc) is 2.56. The Labute approximate surface area is 162 Å². The zero-order valence-corrected chi connectivity index (χ0v) is 18.6. The molecule has 0 aromatic carbocycles. The maximum atomic E-state index is 6.08. The maximum absolute atomic E-state index is 6.08. The molecular weight excluding hydrogens is 324 g/mol. The second kappa shape index (κ2) is 11.1.